The van der Waals surface area contributed by atoms with Gasteiger partial charge in [-0.25, -0.2) is 8.78 Å². The van der Waals surface area contributed by atoms with E-state index in [4.69, 9.17) is 4.74 Å². The highest BCUT2D eigenvalue weighted by Gasteiger charge is 2.22. The first-order chi connectivity index (χ1) is 9.13. The number of methoxy groups -OCH3 is 1. The third-order valence-corrected chi connectivity index (χ3v) is 3.83. The fourth-order valence-electron chi connectivity index (χ4n) is 2.76. The Morgan fingerprint density at radius 2 is 2.16 bits per heavy atom. The number of piperidine rings is 1. The van der Waals surface area contributed by atoms with Crippen LogP contribution in [-0.2, 0) is 6.42 Å². The van der Waals surface area contributed by atoms with Crippen LogP contribution in [-0.4, -0.2) is 19.7 Å². The number of halogens is 2. The molecule has 1 fully saturated rings. The predicted octanol–water partition coefficient (Wildman–Crippen LogP) is 3.63. The van der Waals surface area contributed by atoms with Crippen molar-refractivity contribution < 1.29 is 13.5 Å². The molecule has 0 radical (unpaired) electrons. The van der Waals surface area contributed by atoms with E-state index in [9.17, 15) is 8.78 Å². The van der Waals surface area contributed by atoms with Gasteiger partial charge in [0.25, 0.3) is 6.43 Å². The summed E-state index contributed by atoms with van der Waals surface area (Å²) in [5.41, 5.74) is 1.94. The highest BCUT2D eigenvalue weighted by Crippen LogP contribution is 2.35. The van der Waals surface area contributed by atoms with Crippen molar-refractivity contribution in [2.45, 2.75) is 45.1 Å². The van der Waals surface area contributed by atoms with Crippen molar-refractivity contribution >= 4 is 0 Å². The fraction of sp³-hybridized carbons (Fsp3) is 0.600. The molecule has 1 aliphatic heterocycles. The van der Waals surface area contributed by atoms with Crippen LogP contribution in [0.3, 0.4) is 0 Å². The topological polar surface area (TPSA) is 21.3 Å². The summed E-state index contributed by atoms with van der Waals surface area (Å²) in [6, 6.07) is 3.60. The molecule has 0 saturated carbocycles. The molecule has 4 heteroatoms. The van der Waals surface area contributed by atoms with Gasteiger partial charge in [0.1, 0.15) is 5.75 Å². The quantitative estimate of drug-likeness (QED) is 0.901. The Hall–Kier alpha value is -1.16. The maximum absolute atomic E-state index is 13.0. The van der Waals surface area contributed by atoms with E-state index < -0.39 is 6.43 Å². The summed E-state index contributed by atoms with van der Waals surface area (Å²) in [5.74, 6) is 0.363. The molecular weight excluding hydrogens is 248 g/mol. The van der Waals surface area contributed by atoms with Gasteiger partial charge in [-0.3, -0.25) is 0 Å². The molecule has 0 spiro atoms. The highest BCUT2D eigenvalue weighted by atomic mass is 19.3. The standard InChI is InChI=1S/C15H21F2NO/c1-10-6-7-12(15(16)17)14(19-2)13(10)9-11-5-3-4-8-18-11/h6-7,11,15,18H,3-5,8-9H2,1-2H3. The number of hydrogen-bond acceptors (Lipinski definition) is 2. The van der Waals surface area contributed by atoms with Crippen molar-refractivity contribution in [3.63, 3.8) is 0 Å². The first kappa shape index (κ1) is 14.3. The summed E-state index contributed by atoms with van der Waals surface area (Å²) in [7, 11) is 1.47. The maximum Gasteiger partial charge on any atom is 0.267 e. The summed E-state index contributed by atoms with van der Waals surface area (Å²) in [4.78, 5) is 0. The molecule has 2 nitrogen and oxygen atoms in total. The van der Waals surface area contributed by atoms with Gasteiger partial charge in [-0.15, -0.1) is 0 Å². The second-order valence-electron chi connectivity index (χ2n) is 5.14. The first-order valence-electron chi connectivity index (χ1n) is 6.81. The Morgan fingerprint density at radius 1 is 1.37 bits per heavy atom. The molecule has 106 valence electrons. The van der Waals surface area contributed by atoms with Crippen LogP contribution < -0.4 is 10.1 Å². The van der Waals surface area contributed by atoms with E-state index >= 15 is 0 Å². The number of rotatable bonds is 4. The molecule has 1 unspecified atom stereocenters. The van der Waals surface area contributed by atoms with E-state index in [-0.39, 0.29) is 5.56 Å². The lowest BCUT2D eigenvalue weighted by molar-refractivity contribution is 0.146. The Morgan fingerprint density at radius 3 is 2.74 bits per heavy atom. The SMILES string of the molecule is COc1c(C(F)F)ccc(C)c1CC1CCCCN1. The molecule has 1 heterocycles. The van der Waals surface area contributed by atoms with Crippen molar-refractivity contribution in [2.24, 2.45) is 0 Å². The molecule has 0 amide bonds. The van der Waals surface area contributed by atoms with Crippen LogP contribution in [0.4, 0.5) is 8.78 Å². The predicted molar refractivity (Wildman–Crippen MR) is 72.0 cm³/mol. The van der Waals surface area contributed by atoms with Crippen molar-refractivity contribution in [2.75, 3.05) is 13.7 Å². The Kier molecular flexibility index (Phi) is 4.75. The molecule has 0 aromatic heterocycles. The molecule has 2 rings (SSSR count). The molecule has 1 N–H and O–H groups in total. The van der Waals surface area contributed by atoms with Crippen molar-refractivity contribution in [1.82, 2.24) is 5.32 Å². The van der Waals surface area contributed by atoms with Gasteiger partial charge >= 0.3 is 0 Å². The molecule has 1 aromatic carbocycles. The summed E-state index contributed by atoms with van der Waals surface area (Å²) < 4.78 is 31.3. The number of benzene rings is 1. The lowest BCUT2D eigenvalue weighted by Gasteiger charge is -2.25. The lowest BCUT2D eigenvalue weighted by atomic mass is 9.93. The van der Waals surface area contributed by atoms with Crippen LogP contribution in [0.15, 0.2) is 12.1 Å². The monoisotopic (exact) mass is 269 g/mol. The van der Waals surface area contributed by atoms with Crippen LogP contribution in [0.5, 0.6) is 5.75 Å². The van der Waals surface area contributed by atoms with E-state index in [2.05, 4.69) is 5.32 Å². The van der Waals surface area contributed by atoms with Gasteiger partial charge in [0.2, 0.25) is 0 Å². The number of ether oxygens (including phenoxy) is 1. The Bertz CT molecular complexity index is 428. The fourth-order valence-corrected chi connectivity index (χ4v) is 2.76. The van der Waals surface area contributed by atoms with Gasteiger partial charge in [0.05, 0.1) is 12.7 Å². The largest absolute Gasteiger partial charge is 0.496 e. The average molecular weight is 269 g/mol. The molecule has 0 bridgehead atoms. The molecule has 1 atom stereocenters. The Labute approximate surface area is 113 Å². The third-order valence-electron chi connectivity index (χ3n) is 3.83. The zero-order valence-electron chi connectivity index (χ0n) is 11.5. The summed E-state index contributed by atoms with van der Waals surface area (Å²) in [5, 5.41) is 3.45. The van der Waals surface area contributed by atoms with E-state index in [0.717, 1.165) is 30.5 Å². The van der Waals surface area contributed by atoms with Crippen molar-refractivity contribution in [3.8, 4) is 5.75 Å². The molecule has 19 heavy (non-hydrogen) atoms. The van der Waals surface area contributed by atoms with Gasteiger partial charge in [0, 0.05) is 6.04 Å². The van der Waals surface area contributed by atoms with Gasteiger partial charge in [-0.1, -0.05) is 12.5 Å². The zero-order valence-corrected chi connectivity index (χ0v) is 11.5. The van der Waals surface area contributed by atoms with Crippen LogP contribution in [0.1, 0.15) is 42.4 Å². The molecule has 0 aliphatic carbocycles. The van der Waals surface area contributed by atoms with Crippen LogP contribution in [0.25, 0.3) is 0 Å². The maximum atomic E-state index is 13.0. The van der Waals surface area contributed by atoms with Crippen LogP contribution >= 0.6 is 0 Å². The Balaban J connectivity index is 2.28. The molecule has 1 aromatic rings. The van der Waals surface area contributed by atoms with Crippen LogP contribution in [0, 0.1) is 6.92 Å². The summed E-state index contributed by atoms with van der Waals surface area (Å²) in [6.07, 6.45) is 1.77. The average Bonchev–Trinajstić information content (AvgIpc) is 2.41. The minimum absolute atomic E-state index is 0.00101. The summed E-state index contributed by atoms with van der Waals surface area (Å²) >= 11 is 0. The van der Waals surface area contributed by atoms with E-state index in [1.165, 1.54) is 26.0 Å². The third kappa shape index (κ3) is 3.24. The second-order valence-corrected chi connectivity index (χ2v) is 5.14. The van der Waals surface area contributed by atoms with Crippen LogP contribution in [0.2, 0.25) is 0 Å². The minimum Gasteiger partial charge on any atom is -0.496 e. The van der Waals surface area contributed by atoms with Crippen molar-refractivity contribution in [3.05, 3.63) is 28.8 Å². The van der Waals surface area contributed by atoms with Gasteiger partial charge < -0.3 is 10.1 Å². The normalized spacial score (nSPS) is 19.7. The van der Waals surface area contributed by atoms with Crippen molar-refractivity contribution in [1.29, 1.82) is 0 Å². The number of alkyl halides is 2. The minimum atomic E-state index is -2.49. The number of nitrogens with one attached hydrogen (secondary N) is 1. The second kappa shape index (κ2) is 6.33. The van der Waals surface area contributed by atoms with E-state index in [0.29, 0.717) is 11.8 Å². The van der Waals surface area contributed by atoms with E-state index in [1.807, 2.05) is 6.92 Å². The molecule has 1 aliphatic rings. The molecule has 1 saturated heterocycles. The number of aryl methyl sites for hydroxylation is 1. The highest BCUT2D eigenvalue weighted by molar-refractivity contribution is 5.47. The number of hydrogen-bond donors (Lipinski definition) is 1. The molecular formula is C15H21F2NO. The summed E-state index contributed by atoms with van der Waals surface area (Å²) in [6.45, 7) is 2.97. The van der Waals surface area contributed by atoms with Gasteiger partial charge in [-0.2, -0.15) is 0 Å². The van der Waals surface area contributed by atoms with Gasteiger partial charge in [-0.05, 0) is 49.9 Å². The smallest absolute Gasteiger partial charge is 0.267 e. The lowest BCUT2D eigenvalue weighted by Crippen LogP contribution is -2.35. The van der Waals surface area contributed by atoms with E-state index in [1.54, 1.807) is 6.07 Å². The first-order valence-corrected chi connectivity index (χ1v) is 6.81. The van der Waals surface area contributed by atoms with Gasteiger partial charge in [0.15, 0.2) is 0 Å². The zero-order chi connectivity index (χ0) is 13.8.